The molecule has 1 aromatic carbocycles. The van der Waals surface area contributed by atoms with Gasteiger partial charge in [-0.3, -0.25) is 9.78 Å². The first-order valence-electron chi connectivity index (χ1n) is 6.08. The van der Waals surface area contributed by atoms with Gasteiger partial charge in [0.25, 0.3) is 0 Å². The third-order valence-corrected chi connectivity index (χ3v) is 3.15. The molecule has 0 spiro atoms. The van der Waals surface area contributed by atoms with Crippen LogP contribution in [-0.2, 0) is 4.79 Å². The maximum Gasteiger partial charge on any atom is 0.224 e. The van der Waals surface area contributed by atoms with E-state index in [1.54, 1.807) is 6.20 Å². The molecular weight excluding hydrogens is 240 g/mol. The summed E-state index contributed by atoms with van der Waals surface area (Å²) in [6.07, 6.45) is 1.71. The van der Waals surface area contributed by atoms with Crippen molar-refractivity contribution in [1.82, 2.24) is 4.98 Å². The SMILES string of the molecule is CC(C)(CNc1ccnc2cc(N)ccc12)C(N)=O. The number of nitrogens with one attached hydrogen (secondary N) is 1. The van der Waals surface area contributed by atoms with Crippen molar-refractivity contribution in [2.45, 2.75) is 13.8 Å². The second-order valence-electron chi connectivity index (χ2n) is 5.24. The largest absolute Gasteiger partial charge is 0.399 e. The minimum atomic E-state index is -0.608. The van der Waals surface area contributed by atoms with E-state index < -0.39 is 5.41 Å². The number of nitrogens with zero attached hydrogens (tertiary/aromatic N) is 1. The topological polar surface area (TPSA) is 94.0 Å². The average molecular weight is 258 g/mol. The Morgan fingerprint density at radius 2 is 2.11 bits per heavy atom. The predicted octanol–water partition coefficient (Wildman–Crippen LogP) is 1.74. The number of carbonyl (C=O) groups is 1. The van der Waals surface area contributed by atoms with Crippen molar-refractivity contribution in [3.63, 3.8) is 0 Å². The van der Waals surface area contributed by atoms with E-state index in [2.05, 4.69) is 10.3 Å². The number of amides is 1. The Balaban J connectivity index is 2.29. The molecule has 2 rings (SSSR count). The molecule has 0 aliphatic rings. The fourth-order valence-electron chi connectivity index (χ4n) is 1.72. The second-order valence-corrected chi connectivity index (χ2v) is 5.24. The van der Waals surface area contributed by atoms with Crippen LogP contribution in [0.25, 0.3) is 10.9 Å². The van der Waals surface area contributed by atoms with Gasteiger partial charge in [0.2, 0.25) is 5.91 Å². The zero-order valence-corrected chi connectivity index (χ0v) is 11.1. The van der Waals surface area contributed by atoms with Crippen LogP contribution < -0.4 is 16.8 Å². The van der Waals surface area contributed by atoms with Gasteiger partial charge in [-0.1, -0.05) is 0 Å². The summed E-state index contributed by atoms with van der Waals surface area (Å²) in [5.74, 6) is -0.331. The van der Waals surface area contributed by atoms with Crippen molar-refractivity contribution in [1.29, 1.82) is 0 Å². The molecule has 2 aromatic rings. The number of primary amides is 1. The molecule has 0 atom stereocenters. The van der Waals surface area contributed by atoms with Crippen molar-refractivity contribution in [2.24, 2.45) is 11.1 Å². The molecule has 0 saturated carbocycles. The zero-order chi connectivity index (χ0) is 14.0. The molecule has 5 N–H and O–H groups in total. The number of rotatable bonds is 4. The molecule has 5 heteroatoms. The number of carbonyl (C=O) groups excluding carboxylic acids is 1. The number of hydrogen-bond acceptors (Lipinski definition) is 4. The molecule has 0 aliphatic heterocycles. The second kappa shape index (κ2) is 4.76. The molecule has 5 nitrogen and oxygen atoms in total. The first kappa shape index (κ1) is 13.1. The fraction of sp³-hybridized carbons (Fsp3) is 0.286. The Bertz CT molecular complexity index is 622. The average Bonchev–Trinajstić information content (AvgIpc) is 2.35. The van der Waals surface area contributed by atoms with Gasteiger partial charge in [0, 0.05) is 29.5 Å². The molecule has 0 saturated heterocycles. The summed E-state index contributed by atoms with van der Waals surface area (Å²) >= 11 is 0. The van der Waals surface area contributed by atoms with Gasteiger partial charge >= 0.3 is 0 Å². The Hall–Kier alpha value is -2.30. The van der Waals surface area contributed by atoms with Crippen LogP contribution in [0, 0.1) is 5.41 Å². The van der Waals surface area contributed by atoms with Gasteiger partial charge in [0.05, 0.1) is 10.9 Å². The summed E-state index contributed by atoms with van der Waals surface area (Å²) < 4.78 is 0. The Morgan fingerprint density at radius 1 is 1.37 bits per heavy atom. The van der Waals surface area contributed by atoms with Crippen molar-refractivity contribution in [3.8, 4) is 0 Å². The van der Waals surface area contributed by atoms with Crippen molar-refractivity contribution >= 4 is 28.2 Å². The van der Waals surface area contributed by atoms with Crippen LogP contribution in [-0.4, -0.2) is 17.4 Å². The van der Waals surface area contributed by atoms with Crippen molar-refractivity contribution in [3.05, 3.63) is 30.5 Å². The summed E-state index contributed by atoms with van der Waals surface area (Å²) in [6, 6.07) is 7.43. The molecule has 19 heavy (non-hydrogen) atoms. The standard InChI is InChI=1S/C14H18N4O/c1-14(2,13(16)19)8-18-11-5-6-17-12-7-9(15)3-4-10(11)12/h3-7H,8,15H2,1-2H3,(H2,16,19)(H,17,18). The van der Waals surface area contributed by atoms with Crippen LogP contribution in [0.5, 0.6) is 0 Å². The number of hydrogen-bond donors (Lipinski definition) is 3. The summed E-state index contributed by atoms with van der Waals surface area (Å²) in [7, 11) is 0. The first-order valence-corrected chi connectivity index (χ1v) is 6.08. The zero-order valence-electron chi connectivity index (χ0n) is 11.1. The maximum absolute atomic E-state index is 11.3. The van der Waals surface area contributed by atoms with E-state index >= 15 is 0 Å². The number of fused-ring (bicyclic) bond motifs is 1. The number of nitrogens with two attached hydrogens (primary N) is 2. The monoisotopic (exact) mass is 258 g/mol. The van der Waals surface area contributed by atoms with Gasteiger partial charge in [0.15, 0.2) is 0 Å². The number of benzene rings is 1. The van der Waals surface area contributed by atoms with Crippen LogP contribution in [0.2, 0.25) is 0 Å². The van der Waals surface area contributed by atoms with E-state index in [-0.39, 0.29) is 5.91 Å². The third-order valence-electron chi connectivity index (χ3n) is 3.15. The van der Waals surface area contributed by atoms with Gasteiger partial charge in [-0.05, 0) is 38.1 Å². The lowest BCUT2D eigenvalue weighted by Crippen LogP contribution is -2.37. The summed E-state index contributed by atoms with van der Waals surface area (Å²) in [6.45, 7) is 4.08. The van der Waals surface area contributed by atoms with Gasteiger partial charge in [-0.25, -0.2) is 0 Å². The van der Waals surface area contributed by atoms with Crippen molar-refractivity contribution in [2.75, 3.05) is 17.6 Å². The van der Waals surface area contributed by atoms with E-state index in [1.165, 1.54) is 0 Å². The highest BCUT2D eigenvalue weighted by Gasteiger charge is 2.24. The third kappa shape index (κ3) is 2.76. The van der Waals surface area contributed by atoms with E-state index in [9.17, 15) is 4.79 Å². The Morgan fingerprint density at radius 3 is 2.79 bits per heavy atom. The molecule has 0 unspecified atom stereocenters. The van der Waals surface area contributed by atoms with E-state index in [1.807, 2.05) is 38.1 Å². The van der Waals surface area contributed by atoms with Gasteiger partial charge in [-0.2, -0.15) is 0 Å². The minimum absolute atomic E-state index is 0.331. The molecule has 0 fully saturated rings. The predicted molar refractivity (Wildman–Crippen MR) is 77.6 cm³/mol. The number of anilines is 2. The van der Waals surface area contributed by atoms with E-state index in [4.69, 9.17) is 11.5 Å². The van der Waals surface area contributed by atoms with Crippen LogP contribution in [0.3, 0.4) is 0 Å². The van der Waals surface area contributed by atoms with Crippen LogP contribution >= 0.6 is 0 Å². The molecular formula is C14H18N4O. The van der Waals surface area contributed by atoms with Crippen LogP contribution in [0.15, 0.2) is 30.5 Å². The Labute approximate surface area is 112 Å². The van der Waals surface area contributed by atoms with Crippen LogP contribution in [0.4, 0.5) is 11.4 Å². The summed E-state index contributed by atoms with van der Waals surface area (Å²) in [4.78, 5) is 15.6. The normalized spacial score (nSPS) is 11.5. The number of nitrogen functional groups attached to an aromatic ring is 1. The maximum atomic E-state index is 11.3. The number of pyridine rings is 1. The lowest BCUT2D eigenvalue weighted by Gasteiger charge is -2.22. The first-order chi connectivity index (χ1) is 8.90. The smallest absolute Gasteiger partial charge is 0.224 e. The highest BCUT2D eigenvalue weighted by Crippen LogP contribution is 2.24. The molecule has 1 amide bonds. The molecule has 1 heterocycles. The molecule has 1 aromatic heterocycles. The van der Waals surface area contributed by atoms with E-state index in [0.717, 1.165) is 16.6 Å². The lowest BCUT2D eigenvalue weighted by atomic mass is 9.92. The van der Waals surface area contributed by atoms with Gasteiger partial charge in [-0.15, -0.1) is 0 Å². The van der Waals surface area contributed by atoms with Crippen molar-refractivity contribution < 1.29 is 4.79 Å². The Kier molecular flexibility index (Phi) is 3.29. The fourth-order valence-corrected chi connectivity index (χ4v) is 1.72. The highest BCUT2D eigenvalue weighted by molar-refractivity contribution is 5.93. The molecule has 0 radical (unpaired) electrons. The molecule has 0 bridgehead atoms. The van der Waals surface area contributed by atoms with E-state index in [0.29, 0.717) is 12.2 Å². The number of aromatic nitrogens is 1. The summed E-state index contributed by atoms with van der Waals surface area (Å²) in [5.41, 5.74) is 12.9. The molecule has 0 aliphatic carbocycles. The highest BCUT2D eigenvalue weighted by atomic mass is 16.1. The van der Waals surface area contributed by atoms with Crippen LogP contribution in [0.1, 0.15) is 13.8 Å². The minimum Gasteiger partial charge on any atom is -0.399 e. The lowest BCUT2D eigenvalue weighted by molar-refractivity contribution is -0.125. The molecule has 100 valence electrons. The quantitative estimate of drug-likeness (QED) is 0.728. The van der Waals surface area contributed by atoms with Gasteiger partial charge < -0.3 is 16.8 Å². The summed E-state index contributed by atoms with van der Waals surface area (Å²) in [5, 5.41) is 4.22. The van der Waals surface area contributed by atoms with Gasteiger partial charge in [0.1, 0.15) is 0 Å².